The van der Waals surface area contributed by atoms with Gasteiger partial charge in [-0.05, 0) is 60.0 Å². The zero-order valence-electron chi connectivity index (χ0n) is 21.7. The van der Waals surface area contributed by atoms with Gasteiger partial charge in [-0.2, -0.15) is 0 Å². The first-order valence-electron chi connectivity index (χ1n) is 13.2. The molecule has 1 N–H and O–H groups in total. The van der Waals surface area contributed by atoms with Gasteiger partial charge in [0.05, 0.1) is 7.11 Å². The summed E-state index contributed by atoms with van der Waals surface area (Å²) in [5.41, 5.74) is 5.55. The molecule has 0 aromatic heterocycles. The molecule has 3 heteroatoms. The van der Waals surface area contributed by atoms with Crippen LogP contribution in [0.2, 0.25) is 0 Å². The molecule has 184 valence electrons. The number of ether oxygens (including phenoxy) is 1. The molecule has 3 nitrogen and oxygen atoms in total. The lowest BCUT2D eigenvalue weighted by Crippen LogP contribution is -2.64. The molecule has 0 aliphatic carbocycles. The van der Waals surface area contributed by atoms with Gasteiger partial charge in [0, 0.05) is 30.1 Å². The van der Waals surface area contributed by atoms with E-state index in [1.807, 2.05) is 0 Å². The van der Waals surface area contributed by atoms with Crippen LogP contribution in [-0.4, -0.2) is 37.2 Å². The van der Waals surface area contributed by atoms with E-state index in [2.05, 4.69) is 110 Å². The van der Waals surface area contributed by atoms with E-state index < -0.39 is 0 Å². The van der Waals surface area contributed by atoms with Gasteiger partial charge in [-0.3, -0.25) is 4.90 Å². The van der Waals surface area contributed by atoms with Crippen LogP contribution in [0.5, 0.6) is 5.75 Å². The maximum Gasteiger partial charge on any atom is 0.123 e. The Balaban J connectivity index is 1.48. The van der Waals surface area contributed by atoms with Crippen LogP contribution in [0.3, 0.4) is 0 Å². The third-order valence-corrected chi connectivity index (χ3v) is 8.21. The first-order valence-corrected chi connectivity index (χ1v) is 13.2. The summed E-state index contributed by atoms with van der Waals surface area (Å²) in [7, 11) is 1.79. The molecule has 3 heterocycles. The molecule has 0 saturated carbocycles. The van der Waals surface area contributed by atoms with Crippen molar-refractivity contribution in [2.24, 2.45) is 5.92 Å². The summed E-state index contributed by atoms with van der Waals surface area (Å²) in [6, 6.07) is 29.8. The molecule has 3 aliphatic heterocycles. The number of piperidine rings is 3. The number of nitrogens with zero attached hydrogens (tertiary/aromatic N) is 1. The van der Waals surface area contributed by atoms with E-state index in [9.17, 15) is 0 Å². The maximum absolute atomic E-state index is 5.78. The standard InChI is InChI=1S/C32H40N2O/c1-32(2,3)27-15-16-28(35-4)26(21-27)22-33-30-25-17-19-34(20-18-25)31(30)29(23-11-7-5-8-12-23)24-13-9-6-10-14-24/h5-16,21,25,29-31,33H,17-20,22H2,1-4H3/t30-,31?/m0/s1. The molecule has 0 amide bonds. The fraction of sp³-hybridized carbons (Fsp3) is 0.438. The van der Waals surface area contributed by atoms with Gasteiger partial charge in [-0.1, -0.05) is 93.6 Å². The third-order valence-electron chi connectivity index (χ3n) is 8.21. The summed E-state index contributed by atoms with van der Waals surface area (Å²) in [6.45, 7) is 10.1. The summed E-state index contributed by atoms with van der Waals surface area (Å²) in [6.07, 6.45) is 2.56. The molecular formula is C32H40N2O. The van der Waals surface area contributed by atoms with Crippen LogP contribution >= 0.6 is 0 Å². The number of benzene rings is 3. The molecule has 1 unspecified atom stereocenters. The number of fused-ring (bicyclic) bond motifs is 3. The van der Waals surface area contributed by atoms with Crippen LogP contribution < -0.4 is 10.1 Å². The average molecular weight is 469 g/mol. The van der Waals surface area contributed by atoms with Gasteiger partial charge in [0.1, 0.15) is 5.75 Å². The maximum atomic E-state index is 5.78. The second-order valence-corrected chi connectivity index (χ2v) is 11.3. The van der Waals surface area contributed by atoms with Gasteiger partial charge in [-0.15, -0.1) is 0 Å². The van der Waals surface area contributed by atoms with Gasteiger partial charge < -0.3 is 10.1 Å². The Labute approximate surface area is 211 Å². The molecule has 3 aromatic carbocycles. The van der Waals surface area contributed by atoms with E-state index in [0.717, 1.165) is 12.3 Å². The first kappa shape index (κ1) is 24.1. The molecule has 0 radical (unpaired) electrons. The van der Waals surface area contributed by atoms with Crippen molar-refractivity contribution in [3.63, 3.8) is 0 Å². The Morgan fingerprint density at radius 2 is 1.49 bits per heavy atom. The lowest BCUT2D eigenvalue weighted by Gasteiger charge is -2.54. The Kier molecular flexibility index (Phi) is 7.00. The highest BCUT2D eigenvalue weighted by atomic mass is 16.5. The quantitative estimate of drug-likeness (QED) is 0.436. The first-order chi connectivity index (χ1) is 17.0. The average Bonchev–Trinajstić information content (AvgIpc) is 2.89. The zero-order chi connectivity index (χ0) is 24.4. The molecule has 3 aliphatic rings. The van der Waals surface area contributed by atoms with Crippen molar-refractivity contribution in [2.45, 2.75) is 63.6 Å². The fourth-order valence-electron chi connectivity index (χ4n) is 6.31. The van der Waals surface area contributed by atoms with Crippen LogP contribution in [-0.2, 0) is 12.0 Å². The van der Waals surface area contributed by atoms with E-state index in [1.165, 1.54) is 48.2 Å². The summed E-state index contributed by atoms with van der Waals surface area (Å²) < 4.78 is 5.78. The van der Waals surface area contributed by atoms with Crippen molar-refractivity contribution >= 4 is 0 Å². The van der Waals surface area contributed by atoms with E-state index in [1.54, 1.807) is 7.11 Å². The van der Waals surface area contributed by atoms with Gasteiger partial charge in [0.2, 0.25) is 0 Å². The van der Waals surface area contributed by atoms with E-state index >= 15 is 0 Å². The van der Waals surface area contributed by atoms with Crippen molar-refractivity contribution in [1.82, 2.24) is 10.2 Å². The number of rotatable bonds is 7. The highest BCUT2D eigenvalue weighted by Crippen LogP contribution is 2.42. The molecular weight excluding hydrogens is 428 g/mol. The Morgan fingerprint density at radius 1 is 0.886 bits per heavy atom. The Morgan fingerprint density at radius 3 is 2.03 bits per heavy atom. The van der Waals surface area contributed by atoms with E-state index in [0.29, 0.717) is 23.9 Å². The zero-order valence-corrected chi connectivity index (χ0v) is 21.7. The van der Waals surface area contributed by atoms with Crippen LogP contribution in [0.15, 0.2) is 78.9 Å². The molecule has 3 fully saturated rings. The number of methoxy groups -OCH3 is 1. The van der Waals surface area contributed by atoms with E-state index in [-0.39, 0.29) is 5.41 Å². The van der Waals surface area contributed by atoms with Crippen molar-refractivity contribution in [3.05, 3.63) is 101 Å². The lowest BCUT2D eigenvalue weighted by molar-refractivity contribution is 0.00462. The topological polar surface area (TPSA) is 24.5 Å². The summed E-state index contributed by atoms with van der Waals surface area (Å²) in [5, 5.41) is 4.07. The highest BCUT2D eigenvalue weighted by Gasteiger charge is 2.46. The largest absolute Gasteiger partial charge is 0.496 e. The van der Waals surface area contributed by atoms with Gasteiger partial charge in [0.15, 0.2) is 0 Å². The summed E-state index contributed by atoms with van der Waals surface area (Å²) in [5.74, 6) is 2.03. The summed E-state index contributed by atoms with van der Waals surface area (Å²) in [4.78, 5) is 2.76. The smallest absolute Gasteiger partial charge is 0.123 e. The van der Waals surface area contributed by atoms with Gasteiger partial charge in [-0.25, -0.2) is 0 Å². The summed E-state index contributed by atoms with van der Waals surface area (Å²) >= 11 is 0. The third kappa shape index (κ3) is 5.03. The minimum absolute atomic E-state index is 0.116. The number of nitrogens with one attached hydrogen (secondary N) is 1. The Bertz CT molecular complexity index is 1060. The molecule has 2 bridgehead atoms. The minimum Gasteiger partial charge on any atom is -0.496 e. The van der Waals surface area contributed by atoms with Gasteiger partial charge >= 0.3 is 0 Å². The molecule has 6 rings (SSSR count). The van der Waals surface area contributed by atoms with Crippen molar-refractivity contribution < 1.29 is 4.74 Å². The van der Waals surface area contributed by atoms with Crippen LogP contribution in [0.1, 0.15) is 61.8 Å². The lowest BCUT2D eigenvalue weighted by atomic mass is 9.70. The van der Waals surface area contributed by atoms with E-state index in [4.69, 9.17) is 4.74 Å². The van der Waals surface area contributed by atoms with Crippen molar-refractivity contribution in [1.29, 1.82) is 0 Å². The molecule has 0 spiro atoms. The SMILES string of the molecule is COc1ccc(C(C)(C)C)cc1CN[C@H]1C2CCN(CC2)C1C(c1ccccc1)c1ccccc1. The van der Waals surface area contributed by atoms with Crippen molar-refractivity contribution in [2.75, 3.05) is 20.2 Å². The Hall–Kier alpha value is -2.62. The van der Waals surface area contributed by atoms with Crippen molar-refractivity contribution in [3.8, 4) is 5.75 Å². The second kappa shape index (κ2) is 10.2. The monoisotopic (exact) mass is 468 g/mol. The predicted octanol–water partition coefficient (Wildman–Crippen LogP) is 6.38. The van der Waals surface area contributed by atoms with Gasteiger partial charge in [0.25, 0.3) is 0 Å². The highest BCUT2D eigenvalue weighted by molar-refractivity contribution is 5.40. The van der Waals surface area contributed by atoms with Crippen LogP contribution in [0.25, 0.3) is 0 Å². The number of hydrogen-bond acceptors (Lipinski definition) is 3. The molecule has 3 aromatic rings. The minimum atomic E-state index is 0.116. The fourth-order valence-corrected chi connectivity index (χ4v) is 6.31. The molecule has 3 saturated heterocycles. The van der Waals surface area contributed by atoms with Crippen LogP contribution in [0.4, 0.5) is 0 Å². The van der Waals surface area contributed by atoms with Crippen LogP contribution in [0, 0.1) is 5.92 Å². The predicted molar refractivity (Wildman–Crippen MR) is 145 cm³/mol. The molecule has 35 heavy (non-hydrogen) atoms. The number of hydrogen-bond donors (Lipinski definition) is 1. The normalized spacial score (nSPS) is 24.0. The second-order valence-electron chi connectivity index (χ2n) is 11.3. The molecule has 2 atom stereocenters.